The number of rotatable bonds is 5. The van der Waals surface area contributed by atoms with Gasteiger partial charge in [0.25, 0.3) is 0 Å². The molecular formula is C11H22N2. The molecule has 2 nitrogen and oxygen atoms in total. The molecule has 0 aromatic rings. The van der Waals surface area contributed by atoms with Gasteiger partial charge in [-0.05, 0) is 19.3 Å². The zero-order chi connectivity index (χ0) is 9.52. The van der Waals surface area contributed by atoms with Crippen molar-refractivity contribution in [3.63, 3.8) is 0 Å². The minimum Gasteiger partial charge on any atom is -0.360 e. The third kappa shape index (κ3) is 3.37. The van der Waals surface area contributed by atoms with Gasteiger partial charge in [0.1, 0.15) is 0 Å². The zero-order valence-corrected chi connectivity index (χ0v) is 9.05. The van der Waals surface area contributed by atoms with Gasteiger partial charge in [-0.2, -0.15) is 0 Å². The molecule has 1 rings (SSSR count). The zero-order valence-electron chi connectivity index (χ0n) is 9.05. The summed E-state index contributed by atoms with van der Waals surface area (Å²) >= 11 is 0. The van der Waals surface area contributed by atoms with E-state index in [0.717, 1.165) is 6.54 Å². The Morgan fingerprint density at radius 3 is 2.85 bits per heavy atom. The molecule has 0 saturated heterocycles. The fourth-order valence-corrected chi connectivity index (χ4v) is 1.75. The summed E-state index contributed by atoms with van der Waals surface area (Å²) < 4.78 is 0. The second kappa shape index (κ2) is 6.01. The second-order valence-electron chi connectivity index (χ2n) is 3.74. The number of hydrogen-bond acceptors (Lipinski definition) is 2. The van der Waals surface area contributed by atoms with E-state index < -0.39 is 0 Å². The first-order valence-electron chi connectivity index (χ1n) is 5.66. The van der Waals surface area contributed by atoms with Gasteiger partial charge in [-0.25, -0.2) is 0 Å². The van der Waals surface area contributed by atoms with Crippen molar-refractivity contribution in [2.45, 2.75) is 46.0 Å². The number of aliphatic imine (C=N–C) groups is 1. The smallest absolute Gasteiger partial charge is 0.0988 e. The van der Waals surface area contributed by atoms with Gasteiger partial charge in [-0.15, -0.1) is 0 Å². The first-order chi connectivity index (χ1) is 6.38. The SMILES string of the molecule is CCCCN1CCCN=C1CCC. The summed E-state index contributed by atoms with van der Waals surface area (Å²) in [6.07, 6.45) is 6.24. The highest BCUT2D eigenvalue weighted by Crippen LogP contribution is 2.08. The number of unbranched alkanes of at least 4 members (excludes halogenated alkanes) is 1. The summed E-state index contributed by atoms with van der Waals surface area (Å²) in [5.74, 6) is 1.36. The van der Waals surface area contributed by atoms with Crippen molar-refractivity contribution in [3.05, 3.63) is 0 Å². The van der Waals surface area contributed by atoms with Crippen molar-refractivity contribution in [1.82, 2.24) is 4.90 Å². The van der Waals surface area contributed by atoms with Crippen LogP contribution in [0.15, 0.2) is 4.99 Å². The van der Waals surface area contributed by atoms with Crippen LogP contribution in [0.2, 0.25) is 0 Å². The molecule has 0 aromatic carbocycles. The minimum absolute atomic E-state index is 1.05. The first-order valence-corrected chi connectivity index (χ1v) is 5.66. The van der Waals surface area contributed by atoms with E-state index in [9.17, 15) is 0 Å². The van der Waals surface area contributed by atoms with Crippen molar-refractivity contribution >= 4 is 5.84 Å². The Morgan fingerprint density at radius 2 is 2.15 bits per heavy atom. The standard InChI is InChI=1S/C11H22N2/c1-3-5-9-13-10-6-8-12-11(13)7-4-2/h3-10H2,1-2H3. The van der Waals surface area contributed by atoms with Crippen LogP contribution in [0, 0.1) is 0 Å². The lowest BCUT2D eigenvalue weighted by molar-refractivity contribution is 0.377. The van der Waals surface area contributed by atoms with Crippen LogP contribution < -0.4 is 0 Å². The molecule has 0 atom stereocenters. The lowest BCUT2D eigenvalue weighted by Crippen LogP contribution is -2.36. The molecule has 0 radical (unpaired) electrons. The van der Waals surface area contributed by atoms with E-state index >= 15 is 0 Å². The van der Waals surface area contributed by atoms with Crippen LogP contribution in [0.25, 0.3) is 0 Å². The van der Waals surface area contributed by atoms with Gasteiger partial charge in [0.05, 0.1) is 5.84 Å². The highest BCUT2D eigenvalue weighted by atomic mass is 15.2. The maximum atomic E-state index is 4.60. The van der Waals surface area contributed by atoms with E-state index in [-0.39, 0.29) is 0 Å². The van der Waals surface area contributed by atoms with Crippen molar-refractivity contribution in [1.29, 1.82) is 0 Å². The van der Waals surface area contributed by atoms with E-state index in [4.69, 9.17) is 0 Å². The number of nitrogens with zero attached hydrogens (tertiary/aromatic N) is 2. The van der Waals surface area contributed by atoms with Gasteiger partial charge in [0.2, 0.25) is 0 Å². The van der Waals surface area contributed by atoms with Crippen LogP contribution in [-0.4, -0.2) is 30.4 Å². The van der Waals surface area contributed by atoms with E-state index in [1.807, 2.05) is 0 Å². The van der Waals surface area contributed by atoms with Crippen LogP contribution in [0.4, 0.5) is 0 Å². The van der Waals surface area contributed by atoms with E-state index in [1.54, 1.807) is 0 Å². The highest BCUT2D eigenvalue weighted by molar-refractivity contribution is 5.82. The lowest BCUT2D eigenvalue weighted by atomic mass is 10.2. The maximum absolute atomic E-state index is 4.60. The molecule has 76 valence electrons. The molecule has 0 saturated carbocycles. The molecule has 1 aliphatic rings. The molecule has 2 heteroatoms. The molecule has 1 heterocycles. The monoisotopic (exact) mass is 182 g/mol. The van der Waals surface area contributed by atoms with Gasteiger partial charge < -0.3 is 4.90 Å². The summed E-state index contributed by atoms with van der Waals surface area (Å²) in [5.41, 5.74) is 0. The highest BCUT2D eigenvalue weighted by Gasteiger charge is 2.12. The number of hydrogen-bond donors (Lipinski definition) is 0. The van der Waals surface area contributed by atoms with Crippen LogP contribution in [-0.2, 0) is 0 Å². The molecule has 0 N–H and O–H groups in total. The van der Waals surface area contributed by atoms with Gasteiger partial charge >= 0.3 is 0 Å². The van der Waals surface area contributed by atoms with Crippen LogP contribution in [0.5, 0.6) is 0 Å². The van der Waals surface area contributed by atoms with Crippen molar-refractivity contribution in [3.8, 4) is 0 Å². The van der Waals surface area contributed by atoms with Gasteiger partial charge in [0.15, 0.2) is 0 Å². The fourth-order valence-electron chi connectivity index (χ4n) is 1.75. The second-order valence-corrected chi connectivity index (χ2v) is 3.74. The van der Waals surface area contributed by atoms with Crippen LogP contribution in [0.1, 0.15) is 46.0 Å². The molecule has 1 aliphatic heterocycles. The van der Waals surface area contributed by atoms with Crippen molar-refractivity contribution < 1.29 is 0 Å². The summed E-state index contributed by atoms with van der Waals surface area (Å²) in [6, 6.07) is 0. The van der Waals surface area contributed by atoms with E-state index in [1.165, 1.54) is 51.0 Å². The first kappa shape index (κ1) is 10.6. The molecule has 0 fully saturated rings. The normalized spacial score (nSPS) is 17.4. The van der Waals surface area contributed by atoms with Crippen LogP contribution in [0.3, 0.4) is 0 Å². The molecule has 0 aliphatic carbocycles. The Hall–Kier alpha value is -0.530. The average Bonchev–Trinajstić information content (AvgIpc) is 2.17. The molecular weight excluding hydrogens is 160 g/mol. The minimum atomic E-state index is 1.05. The van der Waals surface area contributed by atoms with E-state index in [2.05, 4.69) is 23.7 Å². The van der Waals surface area contributed by atoms with Crippen LogP contribution >= 0.6 is 0 Å². The summed E-state index contributed by atoms with van der Waals surface area (Å²) in [7, 11) is 0. The molecule has 0 bridgehead atoms. The Bertz CT molecular complexity index is 163. The van der Waals surface area contributed by atoms with Gasteiger partial charge in [-0.3, -0.25) is 4.99 Å². The fraction of sp³-hybridized carbons (Fsp3) is 0.909. The average molecular weight is 182 g/mol. The molecule has 0 aromatic heterocycles. The lowest BCUT2D eigenvalue weighted by Gasteiger charge is -2.29. The predicted octanol–water partition coefficient (Wildman–Crippen LogP) is 2.69. The number of amidine groups is 1. The summed E-state index contributed by atoms with van der Waals surface area (Å²) in [4.78, 5) is 7.08. The Balaban J connectivity index is 2.39. The summed E-state index contributed by atoms with van der Waals surface area (Å²) in [6.45, 7) is 7.99. The topological polar surface area (TPSA) is 15.6 Å². The van der Waals surface area contributed by atoms with Crippen molar-refractivity contribution in [2.24, 2.45) is 4.99 Å². The van der Waals surface area contributed by atoms with E-state index in [0.29, 0.717) is 0 Å². The maximum Gasteiger partial charge on any atom is 0.0988 e. The predicted molar refractivity (Wildman–Crippen MR) is 58.3 cm³/mol. The third-order valence-electron chi connectivity index (χ3n) is 2.50. The van der Waals surface area contributed by atoms with Gasteiger partial charge in [-0.1, -0.05) is 20.3 Å². The summed E-state index contributed by atoms with van der Waals surface area (Å²) in [5, 5.41) is 0. The molecule has 0 amide bonds. The Kier molecular flexibility index (Phi) is 4.87. The van der Waals surface area contributed by atoms with Crippen molar-refractivity contribution in [2.75, 3.05) is 19.6 Å². The molecule has 0 spiro atoms. The Morgan fingerprint density at radius 1 is 1.31 bits per heavy atom. The Labute approximate surface area is 82.0 Å². The largest absolute Gasteiger partial charge is 0.360 e. The molecule has 13 heavy (non-hydrogen) atoms. The third-order valence-corrected chi connectivity index (χ3v) is 2.50. The van der Waals surface area contributed by atoms with Gasteiger partial charge in [0, 0.05) is 26.1 Å². The molecule has 0 unspecified atom stereocenters. The quantitative estimate of drug-likeness (QED) is 0.638.